The summed E-state index contributed by atoms with van der Waals surface area (Å²) >= 11 is 0. The minimum absolute atomic E-state index is 0.165. The number of carbonyl (C=O) groups excluding carboxylic acids is 2. The van der Waals surface area contributed by atoms with Crippen LogP contribution in [0.1, 0.15) is 22.8 Å². The first-order valence-corrected chi connectivity index (χ1v) is 11.0. The van der Waals surface area contributed by atoms with Crippen molar-refractivity contribution in [2.75, 3.05) is 69.0 Å². The second kappa shape index (κ2) is 11.5. The fourth-order valence-electron chi connectivity index (χ4n) is 3.60. The van der Waals surface area contributed by atoms with E-state index in [9.17, 15) is 9.59 Å². The van der Waals surface area contributed by atoms with E-state index in [1.165, 1.54) is 0 Å². The maximum absolute atomic E-state index is 12.9. The Bertz CT molecular complexity index is 926. The lowest BCUT2D eigenvalue weighted by Crippen LogP contribution is -2.41. The molecule has 2 aromatic carbocycles. The fourth-order valence-corrected chi connectivity index (χ4v) is 3.60. The van der Waals surface area contributed by atoms with Gasteiger partial charge in [-0.15, -0.1) is 0 Å². The molecule has 0 bridgehead atoms. The number of urea groups is 1. The number of hydrogen-bond donors (Lipinski definition) is 3. The molecule has 0 spiro atoms. The minimum Gasteiger partial charge on any atom is -0.379 e. The number of rotatable bonds is 8. The number of nitrogens with one attached hydrogen (secondary N) is 3. The van der Waals surface area contributed by atoms with E-state index in [1.54, 1.807) is 12.1 Å². The second-order valence-electron chi connectivity index (χ2n) is 7.97. The van der Waals surface area contributed by atoms with Crippen molar-refractivity contribution in [3.63, 3.8) is 0 Å². The number of ether oxygens (including phenoxy) is 1. The predicted octanol–water partition coefficient (Wildman–Crippen LogP) is 3.02. The van der Waals surface area contributed by atoms with Crippen molar-refractivity contribution in [2.45, 2.75) is 13.3 Å². The highest BCUT2D eigenvalue weighted by Crippen LogP contribution is 2.23. The highest BCUT2D eigenvalue weighted by atomic mass is 16.5. The van der Waals surface area contributed by atoms with Gasteiger partial charge in [0, 0.05) is 57.3 Å². The van der Waals surface area contributed by atoms with E-state index in [0.717, 1.165) is 56.2 Å². The van der Waals surface area contributed by atoms with Crippen LogP contribution >= 0.6 is 0 Å². The summed E-state index contributed by atoms with van der Waals surface area (Å²) in [6, 6.07) is 12.7. The molecular formula is C24H33N5O3. The average molecular weight is 440 g/mol. The second-order valence-corrected chi connectivity index (χ2v) is 7.97. The zero-order chi connectivity index (χ0) is 22.9. The molecule has 3 N–H and O–H groups in total. The summed E-state index contributed by atoms with van der Waals surface area (Å²) in [7, 11) is 3.78. The summed E-state index contributed by atoms with van der Waals surface area (Å²) in [6.45, 7) is 6.64. The maximum atomic E-state index is 12.9. The first-order valence-electron chi connectivity index (χ1n) is 11.0. The number of anilines is 3. The van der Waals surface area contributed by atoms with Crippen LogP contribution in [0.5, 0.6) is 0 Å². The van der Waals surface area contributed by atoms with Crippen molar-refractivity contribution in [1.82, 2.24) is 10.2 Å². The van der Waals surface area contributed by atoms with Gasteiger partial charge in [-0.3, -0.25) is 9.69 Å². The quantitative estimate of drug-likeness (QED) is 0.589. The van der Waals surface area contributed by atoms with Crippen molar-refractivity contribution in [2.24, 2.45) is 0 Å². The Kier molecular flexibility index (Phi) is 8.47. The van der Waals surface area contributed by atoms with Crippen molar-refractivity contribution >= 4 is 29.0 Å². The molecule has 0 atom stereocenters. The molecule has 172 valence electrons. The lowest BCUT2D eigenvalue weighted by atomic mass is 10.1. The van der Waals surface area contributed by atoms with Gasteiger partial charge in [-0.2, -0.15) is 0 Å². The van der Waals surface area contributed by atoms with Crippen LogP contribution < -0.4 is 20.9 Å². The Morgan fingerprint density at radius 3 is 2.44 bits per heavy atom. The van der Waals surface area contributed by atoms with Crippen LogP contribution in [-0.4, -0.2) is 70.3 Å². The first-order chi connectivity index (χ1) is 15.5. The van der Waals surface area contributed by atoms with E-state index in [-0.39, 0.29) is 11.9 Å². The molecule has 0 saturated carbocycles. The molecule has 2 aromatic rings. The highest BCUT2D eigenvalue weighted by molar-refractivity contribution is 6.04. The molecule has 3 rings (SSSR count). The van der Waals surface area contributed by atoms with E-state index in [4.69, 9.17) is 4.74 Å². The van der Waals surface area contributed by atoms with Gasteiger partial charge >= 0.3 is 6.03 Å². The zero-order valence-corrected chi connectivity index (χ0v) is 19.1. The lowest BCUT2D eigenvalue weighted by Gasteiger charge is -2.26. The van der Waals surface area contributed by atoms with Crippen molar-refractivity contribution in [3.8, 4) is 0 Å². The number of nitrogens with zero attached hydrogens (tertiary/aromatic N) is 2. The van der Waals surface area contributed by atoms with Gasteiger partial charge in [0.05, 0.1) is 18.8 Å². The van der Waals surface area contributed by atoms with Gasteiger partial charge < -0.3 is 25.6 Å². The summed E-state index contributed by atoms with van der Waals surface area (Å²) in [5.41, 5.74) is 3.73. The summed E-state index contributed by atoms with van der Waals surface area (Å²) in [4.78, 5) is 29.5. The molecule has 0 radical (unpaired) electrons. The van der Waals surface area contributed by atoms with Crippen molar-refractivity contribution < 1.29 is 14.3 Å². The largest absolute Gasteiger partial charge is 0.379 e. The van der Waals surface area contributed by atoms with Crippen LogP contribution in [0.2, 0.25) is 0 Å². The SMILES string of the molecule is CCc1cccc(NC(=O)Nc2ccc(N(C)C)c(C(=O)NCCN3CCOCC3)c2)c1. The van der Waals surface area contributed by atoms with Gasteiger partial charge in [-0.25, -0.2) is 4.79 Å². The normalized spacial score (nSPS) is 14.0. The van der Waals surface area contributed by atoms with Gasteiger partial charge in [-0.05, 0) is 42.3 Å². The van der Waals surface area contributed by atoms with Gasteiger partial charge in [0.1, 0.15) is 0 Å². The molecule has 3 amide bonds. The third kappa shape index (κ3) is 6.70. The van der Waals surface area contributed by atoms with E-state index in [0.29, 0.717) is 17.8 Å². The molecule has 1 fully saturated rings. The molecule has 0 aromatic heterocycles. The van der Waals surface area contributed by atoms with Gasteiger partial charge in [-0.1, -0.05) is 19.1 Å². The first kappa shape index (κ1) is 23.6. The predicted molar refractivity (Wildman–Crippen MR) is 129 cm³/mol. The van der Waals surface area contributed by atoms with Crippen molar-refractivity contribution in [3.05, 3.63) is 53.6 Å². The maximum Gasteiger partial charge on any atom is 0.323 e. The number of morpholine rings is 1. The van der Waals surface area contributed by atoms with Gasteiger partial charge in [0.15, 0.2) is 0 Å². The monoisotopic (exact) mass is 439 g/mol. The number of hydrogen-bond acceptors (Lipinski definition) is 5. The van der Waals surface area contributed by atoms with E-state index >= 15 is 0 Å². The summed E-state index contributed by atoms with van der Waals surface area (Å²) in [6.07, 6.45) is 0.896. The van der Waals surface area contributed by atoms with Crippen LogP contribution in [0.4, 0.5) is 21.9 Å². The molecule has 1 aliphatic rings. The highest BCUT2D eigenvalue weighted by Gasteiger charge is 2.16. The molecule has 8 heteroatoms. The van der Waals surface area contributed by atoms with Crippen LogP contribution in [-0.2, 0) is 11.2 Å². The zero-order valence-electron chi connectivity index (χ0n) is 19.1. The van der Waals surface area contributed by atoms with Gasteiger partial charge in [0.25, 0.3) is 5.91 Å². The Balaban J connectivity index is 1.63. The van der Waals surface area contributed by atoms with Crippen LogP contribution in [0.3, 0.4) is 0 Å². The Morgan fingerprint density at radius 2 is 1.75 bits per heavy atom. The van der Waals surface area contributed by atoms with E-state index in [2.05, 4.69) is 27.8 Å². The van der Waals surface area contributed by atoms with E-state index in [1.807, 2.05) is 49.3 Å². The number of carbonyl (C=O) groups is 2. The van der Waals surface area contributed by atoms with Gasteiger partial charge in [0.2, 0.25) is 0 Å². The van der Waals surface area contributed by atoms with Crippen LogP contribution in [0.15, 0.2) is 42.5 Å². The fraction of sp³-hybridized carbons (Fsp3) is 0.417. The number of amides is 3. The summed E-state index contributed by atoms with van der Waals surface area (Å²) < 4.78 is 5.36. The Labute approximate surface area is 189 Å². The molecule has 0 aliphatic carbocycles. The average Bonchev–Trinajstić information content (AvgIpc) is 2.79. The third-order valence-corrected chi connectivity index (χ3v) is 5.39. The summed E-state index contributed by atoms with van der Waals surface area (Å²) in [5.74, 6) is -0.165. The number of benzene rings is 2. The van der Waals surface area contributed by atoms with Crippen LogP contribution in [0.25, 0.3) is 0 Å². The third-order valence-electron chi connectivity index (χ3n) is 5.39. The smallest absolute Gasteiger partial charge is 0.323 e. The molecule has 32 heavy (non-hydrogen) atoms. The van der Waals surface area contributed by atoms with Crippen molar-refractivity contribution in [1.29, 1.82) is 0 Å². The summed E-state index contributed by atoms with van der Waals surface area (Å²) in [5, 5.41) is 8.67. The molecule has 1 saturated heterocycles. The van der Waals surface area contributed by atoms with E-state index < -0.39 is 0 Å². The Hall–Kier alpha value is -3.10. The van der Waals surface area contributed by atoms with Crippen LogP contribution in [0, 0.1) is 0 Å². The Morgan fingerprint density at radius 1 is 1.03 bits per heavy atom. The molecular weight excluding hydrogens is 406 g/mol. The lowest BCUT2D eigenvalue weighted by molar-refractivity contribution is 0.0383. The topological polar surface area (TPSA) is 85.9 Å². The molecule has 1 aliphatic heterocycles. The molecule has 1 heterocycles. The standard InChI is InChI=1S/C24H33N5O3/c1-4-18-6-5-7-19(16-18)26-24(31)27-20-8-9-22(28(2)3)21(17-20)23(30)25-10-11-29-12-14-32-15-13-29/h5-9,16-17H,4,10-15H2,1-3H3,(H,25,30)(H2,26,27,31). The molecule has 8 nitrogen and oxygen atoms in total. The molecule has 0 unspecified atom stereocenters. The minimum atomic E-state index is -0.352. The number of aryl methyl sites for hydroxylation is 1.